The van der Waals surface area contributed by atoms with Gasteiger partial charge in [-0.3, -0.25) is 4.79 Å². The summed E-state index contributed by atoms with van der Waals surface area (Å²) in [6.45, 7) is 3.66. The van der Waals surface area contributed by atoms with Crippen molar-refractivity contribution in [3.63, 3.8) is 0 Å². The van der Waals surface area contributed by atoms with Gasteiger partial charge >= 0.3 is 0 Å². The van der Waals surface area contributed by atoms with Gasteiger partial charge in [0.1, 0.15) is 5.82 Å². The molecule has 0 radical (unpaired) electrons. The lowest BCUT2D eigenvalue weighted by Crippen LogP contribution is -2.24. The Bertz CT molecular complexity index is 918. The smallest absolute Gasteiger partial charge is 0.227 e. The standard InChI is InChI=1S/C19H18BrN3O/c1-2-22-17-9-4-3-8-16(17)21-19(22)13-10-18(24)23(12-13)15-7-5-6-14(20)11-15/h3-9,11,13H,2,10,12H2,1H3. The van der Waals surface area contributed by atoms with Gasteiger partial charge in [-0.1, -0.05) is 34.1 Å². The first kappa shape index (κ1) is 15.4. The summed E-state index contributed by atoms with van der Waals surface area (Å²) in [5.41, 5.74) is 3.09. The van der Waals surface area contributed by atoms with E-state index in [1.807, 2.05) is 47.4 Å². The monoisotopic (exact) mass is 383 g/mol. The van der Waals surface area contributed by atoms with E-state index >= 15 is 0 Å². The molecule has 1 fully saturated rings. The molecule has 1 atom stereocenters. The number of fused-ring (bicyclic) bond motifs is 1. The van der Waals surface area contributed by atoms with Gasteiger partial charge in [-0.05, 0) is 37.3 Å². The van der Waals surface area contributed by atoms with E-state index in [4.69, 9.17) is 4.98 Å². The molecular weight excluding hydrogens is 366 g/mol. The fraction of sp³-hybridized carbons (Fsp3) is 0.263. The molecule has 122 valence electrons. The van der Waals surface area contributed by atoms with Gasteiger partial charge in [0, 0.05) is 35.6 Å². The maximum atomic E-state index is 12.6. The molecule has 0 bridgehead atoms. The number of amides is 1. The highest BCUT2D eigenvalue weighted by atomic mass is 79.9. The molecule has 3 aromatic rings. The zero-order valence-electron chi connectivity index (χ0n) is 13.4. The SMILES string of the molecule is CCn1c(C2CC(=O)N(c3cccc(Br)c3)C2)nc2ccccc21. The van der Waals surface area contributed by atoms with Gasteiger partial charge in [0.25, 0.3) is 0 Å². The maximum Gasteiger partial charge on any atom is 0.227 e. The molecule has 2 heterocycles. The third-order valence-corrected chi connectivity index (χ3v) is 5.10. The van der Waals surface area contributed by atoms with E-state index in [-0.39, 0.29) is 11.8 Å². The van der Waals surface area contributed by atoms with Gasteiger partial charge in [0.05, 0.1) is 11.0 Å². The number of aromatic nitrogens is 2. The molecule has 1 amide bonds. The number of imidazole rings is 1. The number of para-hydroxylation sites is 2. The average Bonchev–Trinajstić information content (AvgIpc) is 3.15. The lowest BCUT2D eigenvalue weighted by molar-refractivity contribution is -0.117. The number of rotatable bonds is 3. The highest BCUT2D eigenvalue weighted by Gasteiger charge is 2.34. The molecule has 1 unspecified atom stereocenters. The van der Waals surface area contributed by atoms with Crippen LogP contribution in [0.25, 0.3) is 11.0 Å². The Kier molecular flexibility index (Phi) is 3.88. The minimum absolute atomic E-state index is 0.129. The van der Waals surface area contributed by atoms with Crippen LogP contribution in [0.1, 0.15) is 25.1 Å². The fourth-order valence-corrected chi connectivity index (χ4v) is 3.90. The molecule has 5 heteroatoms. The molecule has 0 aliphatic carbocycles. The summed E-state index contributed by atoms with van der Waals surface area (Å²) in [4.78, 5) is 19.2. The van der Waals surface area contributed by atoms with Crippen LogP contribution >= 0.6 is 15.9 Å². The van der Waals surface area contributed by atoms with Crippen LogP contribution in [0.4, 0.5) is 5.69 Å². The van der Waals surface area contributed by atoms with Gasteiger partial charge in [-0.25, -0.2) is 4.98 Å². The van der Waals surface area contributed by atoms with E-state index in [2.05, 4.69) is 33.5 Å². The molecule has 1 aliphatic heterocycles. The highest BCUT2D eigenvalue weighted by molar-refractivity contribution is 9.10. The number of halogens is 1. The zero-order valence-corrected chi connectivity index (χ0v) is 15.0. The lowest BCUT2D eigenvalue weighted by Gasteiger charge is -2.17. The van der Waals surface area contributed by atoms with Gasteiger partial charge in [0.2, 0.25) is 5.91 Å². The summed E-state index contributed by atoms with van der Waals surface area (Å²) in [6.07, 6.45) is 0.510. The van der Waals surface area contributed by atoms with Crippen LogP contribution in [0.5, 0.6) is 0 Å². The minimum atomic E-state index is 0.129. The summed E-state index contributed by atoms with van der Waals surface area (Å²) < 4.78 is 3.22. The Labute approximate surface area is 149 Å². The van der Waals surface area contributed by atoms with E-state index in [0.29, 0.717) is 13.0 Å². The molecule has 0 spiro atoms. The van der Waals surface area contributed by atoms with Crippen LogP contribution in [0.3, 0.4) is 0 Å². The topological polar surface area (TPSA) is 38.1 Å². The van der Waals surface area contributed by atoms with Crippen molar-refractivity contribution in [2.24, 2.45) is 0 Å². The predicted molar refractivity (Wildman–Crippen MR) is 99.3 cm³/mol. The van der Waals surface area contributed by atoms with E-state index in [1.54, 1.807) is 0 Å². The van der Waals surface area contributed by atoms with Crippen LogP contribution in [0, 0.1) is 0 Å². The molecule has 1 saturated heterocycles. The van der Waals surface area contributed by atoms with Crippen molar-refractivity contribution in [2.75, 3.05) is 11.4 Å². The van der Waals surface area contributed by atoms with Gasteiger partial charge in [0.15, 0.2) is 0 Å². The Morgan fingerprint density at radius 3 is 2.83 bits per heavy atom. The molecular formula is C19H18BrN3O. The molecule has 0 saturated carbocycles. The number of carbonyl (C=O) groups excluding carboxylic acids is 1. The number of nitrogens with zero attached hydrogens (tertiary/aromatic N) is 3. The van der Waals surface area contributed by atoms with Crippen LogP contribution in [-0.4, -0.2) is 22.0 Å². The largest absolute Gasteiger partial charge is 0.328 e. The number of anilines is 1. The molecule has 4 rings (SSSR count). The van der Waals surface area contributed by atoms with Crippen molar-refractivity contribution in [2.45, 2.75) is 25.8 Å². The predicted octanol–water partition coefficient (Wildman–Crippen LogP) is 4.34. The minimum Gasteiger partial charge on any atom is -0.328 e. The van der Waals surface area contributed by atoms with E-state index in [1.165, 1.54) is 0 Å². The second kappa shape index (κ2) is 6.06. The van der Waals surface area contributed by atoms with Crippen LogP contribution in [0.15, 0.2) is 53.0 Å². The zero-order chi connectivity index (χ0) is 16.7. The van der Waals surface area contributed by atoms with Crippen molar-refractivity contribution < 1.29 is 4.79 Å². The number of benzene rings is 2. The normalized spacial score (nSPS) is 17.8. The first-order chi connectivity index (χ1) is 11.7. The van der Waals surface area contributed by atoms with Gasteiger partial charge in [-0.15, -0.1) is 0 Å². The van der Waals surface area contributed by atoms with Gasteiger partial charge < -0.3 is 9.47 Å². The van der Waals surface area contributed by atoms with Crippen LogP contribution in [-0.2, 0) is 11.3 Å². The van der Waals surface area contributed by atoms with Crippen molar-refractivity contribution >= 4 is 38.6 Å². The van der Waals surface area contributed by atoms with Gasteiger partial charge in [-0.2, -0.15) is 0 Å². The second-order valence-electron chi connectivity index (χ2n) is 6.09. The number of hydrogen-bond acceptors (Lipinski definition) is 2. The van der Waals surface area contributed by atoms with Crippen molar-refractivity contribution in [3.8, 4) is 0 Å². The number of carbonyl (C=O) groups is 1. The Morgan fingerprint density at radius 2 is 2.04 bits per heavy atom. The molecule has 1 aliphatic rings. The van der Waals surface area contributed by atoms with Crippen molar-refractivity contribution in [3.05, 3.63) is 58.8 Å². The number of hydrogen-bond donors (Lipinski definition) is 0. The third-order valence-electron chi connectivity index (χ3n) is 4.61. The van der Waals surface area contributed by atoms with E-state index in [0.717, 1.165) is 33.6 Å². The molecule has 2 aromatic carbocycles. The summed E-state index contributed by atoms with van der Waals surface area (Å²) in [6, 6.07) is 16.1. The molecule has 0 N–H and O–H groups in total. The molecule has 1 aromatic heterocycles. The Hall–Kier alpha value is -2.14. The maximum absolute atomic E-state index is 12.6. The summed E-state index contributed by atoms with van der Waals surface area (Å²) in [7, 11) is 0. The third kappa shape index (κ3) is 2.53. The number of aryl methyl sites for hydroxylation is 1. The van der Waals surface area contributed by atoms with Crippen molar-refractivity contribution in [1.82, 2.24) is 9.55 Å². The summed E-state index contributed by atoms with van der Waals surface area (Å²) in [5, 5.41) is 0. The Balaban J connectivity index is 1.70. The molecule has 4 nitrogen and oxygen atoms in total. The average molecular weight is 384 g/mol. The van der Waals surface area contributed by atoms with Crippen LogP contribution < -0.4 is 4.90 Å². The quantitative estimate of drug-likeness (QED) is 0.674. The molecule has 24 heavy (non-hydrogen) atoms. The summed E-state index contributed by atoms with van der Waals surface area (Å²) in [5.74, 6) is 1.31. The van der Waals surface area contributed by atoms with E-state index in [9.17, 15) is 4.79 Å². The highest BCUT2D eigenvalue weighted by Crippen LogP contribution is 2.33. The van der Waals surface area contributed by atoms with E-state index < -0.39 is 0 Å². The van der Waals surface area contributed by atoms with Crippen molar-refractivity contribution in [1.29, 1.82) is 0 Å². The fourth-order valence-electron chi connectivity index (χ4n) is 3.51. The lowest BCUT2D eigenvalue weighted by atomic mass is 10.1. The first-order valence-corrected chi connectivity index (χ1v) is 8.97. The Morgan fingerprint density at radius 1 is 1.21 bits per heavy atom. The summed E-state index contributed by atoms with van der Waals surface area (Å²) >= 11 is 3.48. The first-order valence-electron chi connectivity index (χ1n) is 8.18. The second-order valence-corrected chi connectivity index (χ2v) is 7.00. The van der Waals surface area contributed by atoms with Crippen LogP contribution in [0.2, 0.25) is 0 Å².